The molecule has 1 heterocycles. The minimum absolute atomic E-state index is 0.127. The Bertz CT molecular complexity index is 411. The van der Waals surface area contributed by atoms with Crippen LogP contribution in [0.15, 0.2) is 24.5 Å². The molecule has 0 aliphatic rings. The Morgan fingerprint density at radius 1 is 1.00 bits per heavy atom. The summed E-state index contributed by atoms with van der Waals surface area (Å²) in [6, 6.07) is 3.84. The first-order chi connectivity index (χ1) is 10.2. The van der Waals surface area contributed by atoms with Gasteiger partial charge in [0.05, 0.1) is 13.2 Å². The van der Waals surface area contributed by atoms with Gasteiger partial charge in [-0.2, -0.15) is 0 Å². The molecule has 1 aromatic heterocycles. The zero-order valence-electron chi connectivity index (χ0n) is 12.7. The summed E-state index contributed by atoms with van der Waals surface area (Å²) in [7, 11) is 0. The fourth-order valence-electron chi connectivity index (χ4n) is 2.16. The van der Waals surface area contributed by atoms with Crippen molar-refractivity contribution >= 4 is 11.9 Å². The molecular formula is C16H23NO4. The number of nitrogens with zero attached hydrogens (tertiary/aromatic N) is 1. The van der Waals surface area contributed by atoms with Crippen LogP contribution in [0.3, 0.4) is 0 Å². The van der Waals surface area contributed by atoms with E-state index < -0.39 is 0 Å². The van der Waals surface area contributed by atoms with Crippen molar-refractivity contribution in [3.8, 4) is 0 Å². The molecule has 0 atom stereocenters. The minimum atomic E-state index is -0.201. The highest BCUT2D eigenvalue weighted by molar-refractivity contribution is 5.70. The number of esters is 2. The molecule has 0 spiro atoms. The van der Waals surface area contributed by atoms with Crippen molar-refractivity contribution in [2.45, 2.75) is 45.4 Å². The van der Waals surface area contributed by atoms with E-state index in [4.69, 9.17) is 9.47 Å². The molecule has 0 bridgehead atoms. The molecule has 116 valence electrons. The maximum atomic E-state index is 11.5. The molecule has 5 nitrogen and oxygen atoms in total. The van der Waals surface area contributed by atoms with Gasteiger partial charge in [0.25, 0.3) is 0 Å². The van der Waals surface area contributed by atoms with Crippen molar-refractivity contribution in [3.05, 3.63) is 30.1 Å². The van der Waals surface area contributed by atoms with Crippen molar-refractivity contribution in [2.75, 3.05) is 13.2 Å². The second kappa shape index (κ2) is 9.91. The van der Waals surface area contributed by atoms with Gasteiger partial charge in [0, 0.05) is 25.2 Å². The van der Waals surface area contributed by atoms with E-state index in [2.05, 4.69) is 4.98 Å². The van der Waals surface area contributed by atoms with E-state index in [1.165, 1.54) is 0 Å². The topological polar surface area (TPSA) is 65.5 Å². The lowest BCUT2D eigenvalue weighted by atomic mass is 9.90. The zero-order valence-corrected chi connectivity index (χ0v) is 12.7. The van der Waals surface area contributed by atoms with Gasteiger partial charge in [-0.25, -0.2) is 0 Å². The van der Waals surface area contributed by atoms with Crippen LogP contribution < -0.4 is 0 Å². The van der Waals surface area contributed by atoms with Crippen molar-refractivity contribution in [1.29, 1.82) is 0 Å². The van der Waals surface area contributed by atoms with E-state index in [1.54, 1.807) is 26.2 Å². The molecular weight excluding hydrogens is 270 g/mol. The molecule has 0 unspecified atom stereocenters. The standard InChI is InChI=1S/C16H23NO4/c1-3-20-15(18)7-5-13(6-8-16(19)21-4-2)14-9-11-17-12-10-14/h9-13H,3-8H2,1-2H3. The van der Waals surface area contributed by atoms with Crippen LogP contribution in [0.5, 0.6) is 0 Å². The summed E-state index contributed by atoms with van der Waals surface area (Å²) in [4.78, 5) is 27.0. The fourth-order valence-corrected chi connectivity index (χ4v) is 2.16. The van der Waals surface area contributed by atoms with Gasteiger partial charge in [-0.15, -0.1) is 0 Å². The van der Waals surface area contributed by atoms with Gasteiger partial charge in [-0.1, -0.05) is 0 Å². The summed E-state index contributed by atoms with van der Waals surface area (Å²) in [6.45, 7) is 4.36. The van der Waals surface area contributed by atoms with Crippen LogP contribution in [-0.4, -0.2) is 30.1 Å². The molecule has 0 saturated carbocycles. The molecule has 1 aromatic rings. The van der Waals surface area contributed by atoms with E-state index in [-0.39, 0.29) is 17.9 Å². The summed E-state index contributed by atoms with van der Waals surface area (Å²) in [5, 5.41) is 0. The second-order valence-corrected chi connectivity index (χ2v) is 4.66. The minimum Gasteiger partial charge on any atom is -0.466 e. The molecule has 0 aliphatic heterocycles. The van der Waals surface area contributed by atoms with Gasteiger partial charge in [-0.3, -0.25) is 14.6 Å². The number of pyridine rings is 1. The fraction of sp³-hybridized carbons (Fsp3) is 0.562. The van der Waals surface area contributed by atoms with Gasteiger partial charge in [0.15, 0.2) is 0 Å². The first kappa shape index (κ1) is 17.1. The summed E-state index contributed by atoms with van der Waals surface area (Å²) in [5.41, 5.74) is 1.08. The Morgan fingerprint density at radius 3 is 1.90 bits per heavy atom. The SMILES string of the molecule is CCOC(=O)CCC(CCC(=O)OCC)c1ccncc1. The average Bonchev–Trinajstić information content (AvgIpc) is 2.49. The number of hydrogen-bond donors (Lipinski definition) is 0. The van der Waals surface area contributed by atoms with E-state index >= 15 is 0 Å². The second-order valence-electron chi connectivity index (χ2n) is 4.66. The lowest BCUT2D eigenvalue weighted by molar-refractivity contribution is -0.143. The predicted octanol–water partition coefficient (Wildman–Crippen LogP) is 2.85. The van der Waals surface area contributed by atoms with Crippen LogP contribution in [0.4, 0.5) is 0 Å². The maximum Gasteiger partial charge on any atom is 0.305 e. The highest BCUT2D eigenvalue weighted by atomic mass is 16.5. The predicted molar refractivity (Wildman–Crippen MR) is 78.7 cm³/mol. The molecule has 5 heteroatoms. The quantitative estimate of drug-likeness (QED) is 0.655. The number of hydrogen-bond acceptors (Lipinski definition) is 5. The molecule has 1 rings (SSSR count). The molecule has 0 radical (unpaired) electrons. The monoisotopic (exact) mass is 293 g/mol. The normalized spacial score (nSPS) is 10.4. The third-order valence-electron chi connectivity index (χ3n) is 3.18. The van der Waals surface area contributed by atoms with Crippen molar-refractivity contribution in [2.24, 2.45) is 0 Å². The van der Waals surface area contributed by atoms with Crippen molar-refractivity contribution < 1.29 is 19.1 Å². The highest BCUT2D eigenvalue weighted by Gasteiger charge is 2.16. The number of rotatable bonds is 9. The van der Waals surface area contributed by atoms with E-state index in [0.29, 0.717) is 38.9 Å². The lowest BCUT2D eigenvalue weighted by Crippen LogP contribution is -2.10. The van der Waals surface area contributed by atoms with Crippen LogP contribution in [0.2, 0.25) is 0 Å². The smallest absolute Gasteiger partial charge is 0.305 e. The number of ether oxygens (including phenoxy) is 2. The molecule has 0 aromatic carbocycles. The molecule has 0 N–H and O–H groups in total. The summed E-state index contributed by atoms with van der Waals surface area (Å²) in [5.74, 6) is -0.276. The molecule has 21 heavy (non-hydrogen) atoms. The Kier molecular flexibility index (Phi) is 8.09. The zero-order chi connectivity index (χ0) is 15.5. The van der Waals surface area contributed by atoms with E-state index in [0.717, 1.165) is 5.56 Å². The van der Waals surface area contributed by atoms with Crippen LogP contribution in [0.1, 0.15) is 51.0 Å². The van der Waals surface area contributed by atoms with Crippen LogP contribution in [-0.2, 0) is 19.1 Å². The van der Waals surface area contributed by atoms with Crippen LogP contribution >= 0.6 is 0 Å². The average molecular weight is 293 g/mol. The highest BCUT2D eigenvalue weighted by Crippen LogP contribution is 2.26. The van der Waals surface area contributed by atoms with Gasteiger partial charge < -0.3 is 9.47 Å². The van der Waals surface area contributed by atoms with Gasteiger partial charge in [-0.05, 0) is 50.3 Å². The Morgan fingerprint density at radius 2 is 1.48 bits per heavy atom. The number of carbonyl (C=O) groups is 2. The third-order valence-corrected chi connectivity index (χ3v) is 3.18. The summed E-state index contributed by atoms with van der Waals surface area (Å²) < 4.78 is 9.90. The molecule has 0 fully saturated rings. The van der Waals surface area contributed by atoms with Gasteiger partial charge >= 0.3 is 11.9 Å². The number of aromatic nitrogens is 1. The van der Waals surface area contributed by atoms with Gasteiger partial charge in [0.2, 0.25) is 0 Å². The largest absolute Gasteiger partial charge is 0.466 e. The lowest BCUT2D eigenvalue weighted by Gasteiger charge is -2.16. The van der Waals surface area contributed by atoms with Crippen LogP contribution in [0.25, 0.3) is 0 Å². The van der Waals surface area contributed by atoms with Gasteiger partial charge in [0.1, 0.15) is 0 Å². The molecule has 0 aliphatic carbocycles. The Balaban J connectivity index is 2.58. The van der Waals surface area contributed by atoms with E-state index in [1.807, 2.05) is 12.1 Å². The molecule has 0 amide bonds. The summed E-state index contributed by atoms with van der Waals surface area (Å²) >= 11 is 0. The molecule has 0 saturated heterocycles. The number of carbonyl (C=O) groups excluding carboxylic acids is 2. The Hall–Kier alpha value is -1.91. The van der Waals surface area contributed by atoms with E-state index in [9.17, 15) is 9.59 Å². The van der Waals surface area contributed by atoms with Crippen LogP contribution in [0, 0.1) is 0 Å². The van der Waals surface area contributed by atoms with Crippen molar-refractivity contribution in [3.63, 3.8) is 0 Å². The van der Waals surface area contributed by atoms with Crippen molar-refractivity contribution in [1.82, 2.24) is 4.98 Å². The first-order valence-electron chi connectivity index (χ1n) is 7.38. The summed E-state index contributed by atoms with van der Waals surface area (Å²) in [6.07, 6.45) is 5.45. The Labute approximate surface area is 125 Å². The maximum absolute atomic E-state index is 11.5. The first-order valence-corrected chi connectivity index (χ1v) is 7.38. The third kappa shape index (κ3) is 6.88.